The number of thioether (sulfide) groups is 1. The molecule has 0 radical (unpaired) electrons. The number of benzene rings is 3. The van der Waals surface area contributed by atoms with Crippen molar-refractivity contribution in [2.24, 2.45) is 4.99 Å². The van der Waals surface area contributed by atoms with Gasteiger partial charge in [-0.2, -0.15) is 4.99 Å². The number of nitrogens with zero attached hydrogens (tertiary/aromatic N) is 5. The number of alkyl halides is 3. The third-order valence-electron chi connectivity index (χ3n) is 7.01. The lowest BCUT2D eigenvalue weighted by Gasteiger charge is -2.22. The first-order valence-corrected chi connectivity index (χ1v) is 15.2. The molecule has 45 heavy (non-hydrogen) atoms. The summed E-state index contributed by atoms with van der Waals surface area (Å²) in [5.74, 6) is 0.285. The predicted octanol–water partition coefficient (Wildman–Crippen LogP) is 8.06. The first-order chi connectivity index (χ1) is 21.3. The van der Waals surface area contributed by atoms with E-state index in [-0.39, 0.29) is 29.2 Å². The number of aryl methyl sites for hydroxylation is 1. The summed E-state index contributed by atoms with van der Waals surface area (Å²) in [7, 11) is 0. The van der Waals surface area contributed by atoms with Gasteiger partial charge in [-0.3, -0.25) is 9.69 Å². The molecule has 2 heterocycles. The molecule has 0 unspecified atom stereocenters. The molecule has 3 aromatic carbocycles. The zero-order chi connectivity index (χ0) is 32.5. The first kappa shape index (κ1) is 31.8. The fourth-order valence-corrected chi connectivity index (χ4v) is 5.72. The van der Waals surface area contributed by atoms with E-state index >= 15 is 0 Å². The van der Waals surface area contributed by atoms with Crippen LogP contribution in [0.5, 0.6) is 5.75 Å². The summed E-state index contributed by atoms with van der Waals surface area (Å²) >= 11 is 1.22. The zero-order valence-electron chi connectivity index (χ0n) is 25.2. The molecule has 1 fully saturated rings. The van der Waals surface area contributed by atoms with E-state index < -0.39 is 12.4 Å². The minimum absolute atomic E-state index is 0.0102. The number of carbonyl (C=O) groups is 2. The van der Waals surface area contributed by atoms with Crippen LogP contribution < -0.4 is 15.0 Å². The van der Waals surface area contributed by atoms with Gasteiger partial charge in [-0.1, -0.05) is 51.6 Å². The maximum atomic E-state index is 13.2. The molecule has 0 atom stereocenters. The molecule has 3 amide bonds. The fourth-order valence-electron chi connectivity index (χ4n) is 4.86. The number of ether oxygens (including phenoxy) is 1. The van der Waals surface area contributed by atoms with Crippen LogP contribution in [0.4, 0.5) is 29.3 Å². The Bertz CT molecular complexity index is 1770. The molecule has 234 valence electrons. The molecule has 1 saturated heterocycles. The molecule has 0 bridgehead atoms. The van der Waals surface area contributed by atoms with Gasteiger partial charge in [0.1, 0.15) is 12.1 Å². The number of amides is 3. The molecular weight excluding hydrogens is 605 g/mol. The van der Waals surface area contributed by atoms with Crippen molar-refractivity contribution in [1.29, 1.82) is 0 Å². The molecule has 1 aliphatic heterocycles. The van der Waals surface area contributed by atoms with Crippen molar-refractivity contribution in [2.75, 3.05) is 16.0 Å². The molecule has 4 aromatic rings. The topological polar surface area (TPSA) is 102 Å². The van der Waals surface area contributed by atoms with Crippen LogP contribution in [0.3, 0.4) is 0 Å². The lowest BCUT2D eigenvalue weighted by atomic mass is 9.98. The number of aliphatic imine (C=N–C) groups is 1. The number of urea groups is 1. The van der Waals surface area contributed by atoms with Crippen molar-refractivity contribution < 1.29 is 27.5 Å². The Kier molecular flexibility index (Phi) is 9.01. The molecule has 9 nitrogen and oxygen atoms in total. The van der Waals surface area contributed by atoms with Crippen molar-refractivity contribution in [3.63, 3.8) is 0 Å². The highest BCUT2D eigenvalue weighted by atomic mass is 32.2. The van der Waals surface area contributed by atoms with Crippen molar-refractivity contribution in [1.82, 2.24) is 14.8 Å². The number of halogens is 3. The molecule has 1 aliphatic rings. The molecule has 0 aliphatic carbocycles. The fraction of sp³-hybridized carbons (Fsp3) is 0.281. The molecule has 13 heteroatoms. The van der Waals surface area contributed by atoms with Gasteiger partial charge in [-0.25, -0.2) is 14.5 Å². The molecule has 5 rings (SSSR count). The smallest absolute Gasteiger partial charge is 0.406 e. The normalized spacial score (nSPS) is 14.6. The second-order valence-electron chi connectivity index (χ2n) is 11.1. The number of anilines is 2. The van der Waals surface area contributed by atoms with E-state index in [1.54, 1.807) is 12.1 Å². The Morgan fingerprint density at radius 3 is 2.38 bits per heavy atom. The van der Waals surface area contributed by atoms with Gasteiger partial charge in [0.15, 0.2) is 11.0 Å². The van der Waals surface area contributed by atoms with Gasteiger partial charge in [0.25, 0.3) is 0 Å². The second-order valence-corrected chi connectivity index (χ2v) is 12.0. The van der Waals surface area contributed by atoms with Crippen molar-refractivity contribution in [2.45, 2.75) is 52.8 Å². The molecule has 0 spiro atoms. The van der Waals surface area contributed by atoms with Crippen LogP contribution in [-0.4, -0.2) is 44.0 Å². The summed E-state index contributed by atoms with van der Waals surface area (Å²) in [6.45, 7) is 10.0. The molecule has 1 N–H and O–H groups in total. The van der Waals surface area contributed by atoms with E-state index in [2.05, 4.69) is 39.0 Å². The summed E-state index contributed by atoms with van der Waals surface area (Å²) in [6, 6.07) is 16.0. The minimum Gasteiger partial charge on any atom is -0.406 e. The second kappa shape index (κ2) is 12.8. The Labute approximate surface area is 262 Å². The van der Waals surface area contributed by atoms with Crippen LogP contribution in [0.25, 0.3) is 17.1 Å². The summed E-state index contributed by atoms with van der Waals surface area (Å²) in [6.07, 6.45) is -3.32. The Morgan fingerprint density at radius 2 is 1.71 bits per heavy atom. The average molecular weight is 637 g/mol. The van der Waals surface area contributed by atoms with E-state index in [0.717, 1.165) is 22.4 Å². The van der Waals surface area contributed by atoms with E-state index in [4.69, 9.17) is 0 Å². The van der Waals surface area contributed by atoms with Crippen LogP contribution in [0.15, 0.2) is 72.0 Å². The average Bonchev–Trinajstić information content (AvgIpc) is 3.59. The van der Waals surface area contributed by atoms with Gasteiger partial charge in [-0.05, 0) is 84.0 Å². The Morgan fingerprint density at radius 1 is 1.00 bits per heavy atom. The number of amidine groups is 1. The SMILES string of the molecule is Cc1ccc(C(C)C)c(N2C(=O)CSC2=NC(=O)Nc2ccc(-c3ncn(-c4ccc(OC(F)(F)F)cc4)n3)cc2C(C)C)c1. The van der Waals surface area contributed by atoms with Gasteiger partial charge >= 0.3 is 12.4 Å². The maximum Gasteiger partial charge on any atom is 0.573 e. The van der Waals surface area contributed by atoms with Gasteiger partial charge in [0.05, 0.1) is 17.1 Å². The highest BCUT2D eigenvalue weighted by molar-refractivity contribution is 8.15. The van der Waals surface area contributed by atoms with Crippen LogP contribution in [0, 0.1) is 6.92 Å². The van der Waals surface area contributed by atoms with Gasteiger partial charge in [0.2, 0.25) is 5.91 Å². The standard InChI is InChI=1S/C32H31F3N6O3S/c1-18(2)24-12-6-20(5)14-27(24)41-28(42)16-45-31(41)38-30(43)37-26-13-7-21(15-25(26)19(3)4)29-36-17-40(39-29)22-8-10-23(11-9-22)44-32(33,34)35/h6-15,17-19H,16H2,1-5H3,(H,37,43). The van der Waals surface area contributed by atoms with E-state index in [0.29, 0.717) is 27.9 Å². The number of rotatable bonds is 7. The molecule has 0 saturated carbocycles. The summed E-state index contributed by atoms with van der Waals surface area (Å²) in [5, 5.41) is 7.67. The van der Waals surface area contributed by atoms with Crippen molar-refractivity contribution in [3.05, 3.63) is 83.7 Å². The van der Waals surface area contributed by atoms with Gasteiger partial charge in [-0.15, -0.1) is 18.3 Å². The summed E-state index contributed by atoms with van der Waals surface area (Å²) in [5.41, 5.74) is 5.28. The zero-order valence-corrected chi connectivity index (χ0v) is 26.0. The van der Waals surface area contributed by atoms with Gasteiger partial charge in [0, 0.05) is 11.3 Å². The third-order valence-corrected chi connectivity index (χ3v) is 7.93. The number of nitrogens with one attached hydrogen (secondary N) is 1. The number of aromatic nitrogens is 3. The van der Waals surface area contributed by atoms with Crippen LogP contribution in [0.2, 0.25) is 0 Å². The Balaban J connectivity index is 1.36. The van der Waals surface area contributed by atoms with Crippen molar-refractivity contribution in [3.8, 4) is 22.8 Å². The summed E-state index contributed by atoms with van der Waals surface area (Å²) in [4.78, 5) is 36.3. The summed E-state index contributed by atoms with van der Waals surface area (Å²) < 4.78 is 42.8. The van der Waals surface area contributed by atoms with Crippen LogP contribution >= 0.6 is 11.8 Å². The Hall–Kier alpha value is -4.65. The minimum atomic E-state index is -4.78. The highest BCUT2D eigenvalue weighted by Gasteiger charge is 2.33. The first-order valence-electron chi connectivity index (χ1n) is 14.2. The largest absolute Gasteiger partial charge is 0.573 e. The molecular formula is C32H31F3N6O3S. The van der Waals surface area contributed by atoms with Gasteiger partial charge < -0.3 is 10.1 Å². The maximum absolute atomic E-state index is 13.2. The monoisotopic (exact) mass is 636 g/mol. The van der Waals surface area contributed by atoms with E-state index in [1.807, 2.05) is 45.0 Å². The third kappa shape index (κ3) is 7.36. The number of hydrogen-bond donors (Lipinski definition) is 1. The highest BCUT2D eigenvalue weighted by Crippen LogP contribution is 2.35. The predicted molar refractivity (Wildman–Crippen MR) is 169 cm³/mol. The van der Waals surface area contributed by atoms with Crippen molar-refractivity contribution >= 4 is 40.2 Å². The van der Waals surface area contributed by atoms with Crippen LogP contribution in [0.1, 0.15) is 56.2 Å². The molecule has 1 aromatic heterocycles. The van der Waals surface area contributed by atoms with E-state index in [9.17, 15) is 22.8 Å². The number of carbonyl (C=O) groups excluding carboxylic acids is 2. The lowest BCUT2D eigenvalue weighted by Crippen LogP contribution is -2.31. The number of hydrogen-bond acceptors (Lipinski definition) is 6. The lowest BCUT2D eigenvalue weighted by molar-refractivity contribution is -0.274. The van der Waals surface area contributed by atoms with E-state index in [1.165, 1.54) is 51.9 Å². The van der Waals surface area contributed by atoms with Crippen LogP contribution in [-0.2, 0) is 4.79 Å². The quantitative estimate of drug-likeness (QED) is 0.220.